The SMILES string of the molecule is CC(C)(C)OC(=O)CCNc1ccc(C(=O)O)cn1. The molecule has 0 aliphatic heterocycles. The zero-order valence-electron chi connectivity index (χ0n) is 11.3. The number of ether oxygens (including phenoxy) is 1. The highest BCUT2D eigenvalue weighted by Crippen LogP contribution is 2.09. The van der Waals surface area contributed by atoms with E-state index in [1.165, 1.54) is 12.3 Å². The first-order chi connectivity index (χ1) is 8.78. The first-order valence-electron chi connectivity index (χ1n) is 5.93. The molecule has 0 saturated carbocycles. The fraction of sp³-hybridized carbons (Fsp3) is 0.462. The summed E-state index contributed by atoms with van der Waals surface area (Å²) in [6.07, 6.45) is 1.48. The molecule has 0 unspecified atom stereocenters. The van der Waals surface area contributed by atoms with E-state index in [9.17, 15) is 9.59 Å². The number of esters is 1. The summed E-state index contributed by atoms with van der Waals surface area (Å²) in [6, 6.07) is 3.00. The molecule has 1 aromatic heterocycles. The summed E-state index contributed by atoms with van der Waals surface area (Å²) in [5.41, 5.74) is -0.365. The number of hydrogen-bond acceptors (Lipinski definition) is 5. The van der Waals surface area contributed by atoms with Crippen LogP contribution in [0.2, 0.25) is 0 Å². The minimum atomic E-state index is -1.02. The molecule has 0 radical (unpaired) electrons. The number of carboxylic acids is 1. The van der Waals surface area contributed by atoms with Crippen molar-refractivity contribution in [2.75, 3.05) is 11.9 Å². The molecule has 0 aliphatic rings. The molecule has 6 heteroatoms. The smallest absolute Gasteiger partial charge is 0.337 e. The lowest BCUT2D eigenvalue weighted by Gasteiger charge is -2.19. The number of rotatable bonds is 5. The van der Waals surface area contributed by atoms with Crippen molar-refractivity contribution in [3.63, 3.8) is 0 Å². The first-order valence-corrected chi connectivity index (χ1v) is 5.93. The largest absolute Gasteiger partial charge is 0.478 e. The van der Waals surface area contributed by atoms with Crippen molar-refractivity contribution >= 4 is 17.8 Å². The normalized spacial score (nSPS) is 10.9. The van der Waals surface area contributed by atoms with Crippen LogP contribution in [0.3, 0.4) is 0 Å². The summed E-state index contributed by atoms with van der Waals surface area (Å²) in [6.45, 7) is 5.81. The molecule has 0 aromatic carbocycles. The summed E-state index contributed by atoms with van der Waals surface area (Å²) >= 11 is 0. The van der Waals surface area contributed by atoms with E-state index in [4.69, 9.17) is 9.84 Å². The number of aromatic carboxylic acids is 1. The van der Waals surface area contributed by atoms with E-state index >= 15 is 0 Å². The number of hydrogen-bond donors (Lipinski definition) is 2. The molecular formula is C13H18N2O4. The monoisotopic (exact) mass is 266 g/mol. The quantitative estimate of drug-likeness (QED) is 0.791. The molecule has 0 spiro atoms. The van der Waals surface area contributed by atoms with E-state index in [0.29, 0.717) is 12.4 Å². The Morgan fingerprint density at radius 1 is 1.37 bits per heavy atom. The number of carbonyl (C=O) groups is 2. The minimum Gasteiger partial charge on any atom is -0.478 e. The van der Waals surface area contributed by atoms with Crippen molar-refractivity contribution in [2.24, 2.45) is 0 Å². The molecule has 2 N–H and O–H groups in total. The van der Waals surface area contributed by atoms with Gasteiger partial charge in [-0.2, -0.15) is 0 Å². The van der Waals surface area contributed by atoms with Gasteiger partial charge in [0.25, 0.3) is 0 Å². The van der Waals surface area contributed by atoms with Gasteiger partial charge < -0.3 is 15.2 Å². The maximum Gasteiger partial charge on any atom is 0.337 e. The van der Waals surface area contributed by atoms with E-state index < -0.39 is 11.6 Å². The van der Waals surface area contributed by atoms with Gasteiger partial charge in [0.15, 0.2) is 0 Å². The molecule has 6 nitrogen and oxygen atoms in total. The van der Waals surface area contributed by atoms with Crippen molar-refractivity contribution in [3.05, 3.63) is 23.9 Å². The third kappa shape index (κ3) is 5.85. The minimum absolute atomic E-state index is 0.123. The van der Waals surface area contributed by atoms with Crippen LogP contribution in [0.5, 0.6) is 0 Å². The average molecular weight is 266 g/mol. The Morgan fingerprint density at radius 3 is 2.53 bits per heavy atom. The van der Waals surface area contributed by atoms with Crippen LogP contribution in [0.1, 0.15) is 37.6 Å². The van der Waals surface area contributed by atoms with Gasteiger partial charge in [-0.25, -0.2) is 9.78 Å². The average Bonchev–Trinajstić information content (AvgIpc) is 2.27. The summed E-state index contributed by atoms with van der Waals surface area (Å²) in [4.78, 5) is 26.0. The molecule has 1 rings (SSSR count). The summed E-state index contributed by atoms with van der Waals surface area (Å²) in [5, 5.41) is 11.6. The van der Waals surface area contributed by atoms with Crippen LogP contribution in [0.25, 0.3) is 0 Å². The number of pyridine rings is 1. The second-order valence-corrected chi connectivity index (χ2v) is 5.00. The Labute approximate surface area is 111 Å². The Bertz CT molecular complexity index is 449. The van der Waals surface area contributed by atoms with Crippen molar-refractivity contribution in [1.82, 2.24) is 4.98 Å². The molecule has 0 amide bonds. The molecule has 0 atom stereocenters. The zero-order chi connectivity index (χ0) is 14.5. The van der Waals surface area contributed by atoms with Crippen molar-refractivity contribution < 1.29 is 19.4 Å². The van der Waals surface area contributed by atoms with Crippen LogP contribution >= 0.6 is 0 Å². The number of carboxylic acid groups (broad SMARTS) is 1. The highest BCUT2D eigenvalue weighted by atomic mass is 16.6. The molecule has 19 heavy (non-hydrogen) atoms. The number of anilines is 1. The summed E-state index contributed by atoms with van der Waals surface area (Å²) < 4.78 is 5.15. The van der Waals surface area contributed by atoms with Gasteiger partial charge >= 0.3 is 11.9 Å². The predicted octanol–water partition coefficient (Wildman–Crippen LogP) is 1.92. The maximum absolute atomic E-state index is 11.4. The van der Waals surface area contributed by atoms with E-state index in [0.717, 1.165) is 0 Å². The lowest BCUT2D eigenvalue weighted by atomic mass is 10.2. The third-order valence-corrected chi connectivity index (χ3v) is 2.07. The topological polar surface area (TPSA) is 88.5 Å². The van der Waals surface area contributed by atoms with E-state index in [1.807, 2.05) is 20.8 Å². The fourth-order valence-corrected chi connectivity index (χ4v) is 1.31. The second-order valence-electron chi connectivity index (χ2n) is 5.00. The van der Waals surface area contributed by atoms with Gasteiger partial charge in [-0.1, -0.05) is 0 Å². The Morgan fingerprint density at radius 2 is 2.05 bits per heavy atom. The van der Waals surface area contributed by atoms with Crippen LogP contribution < -0.4 is 5.32 Å². The first kappa shape index (κ1) is 14.9. The number of nitrogens with zero attached hydrogens (tertiary/aromatic N) is 1. The second kappa shape index (κ2) is 6.17. The van der Waals surface area contributed by atoms with Crippen molar-refractivity contribution in [1.29, 1.82) is 0 Å². The van der Waals surface area contributed by atoms with Gasteiger partial charge in [-0.15, -0.1) is 0 Å². The Balaban J connectivity index is 2.37. The lowest BCUT2D eigenvalue weighted by Crippen LogP contribution is -2.25. The van der Waals surface area contributed by atoms with Gasteiger partial charge in [0.05, 0.1) is 12.0 Å². The van der Waals surface area contributed by atoms with Crippen molar-refractivity contribution in [2.45, 2.75) is 32.8 Å². The summed E-state index contributed by atoms with van der Waals surface area (Å²) in [5.74, 6) is -0.788. The molecule has 0 aliphatic carbocycles. The van der Waals surface area contributed by atoms with Crippen LogP contribution in [0.4, 0.5) is 5.82 Å². The van der Waals surface area contributed by atoms with Gasteiger partial charge in [-0.3, -0.25) is 4.79 Å². The zero-order valence-corrected chi connectivity index (χ0v) is 11.3. The van der Waals surface area contributed by atoms with Crippen LogP contribution in [0, 0.1) is 0 Å². The molecule has 0 saturated heterocycles. The summed E-state index contributed by atoms with van der Waals surface area (Å²) in [7, 11) is 0. The van der Waals surface area contributed by atoms with Gasteiger partial charge in [0.2, 0.25) is 0 Å². The van der Waals surface area contributed by atoms with Crippen LogP contribution in [-0.4, -0.2) is 34.2 Å². The van der Waals surface area contributed by atoms with Crippen LogP contribution in [0.15, 0.2) is 18.3 Å². The predicted molar refractivity (Wildman–Crippen MR) is 70.1 cm³/mol. The molecule has 0 fully saturated rings. The Kier molecular flexibility index (Phi) is 4.86. The lowest BCUT2D eigenvalue weighted by molar-refractivity contribution is -0.154. The number of carbonyl (C=O) groups excluding carboxylic acids is 1. The molecular weight excluding hydrogens is 248 g/mol. The van der Waals surface area contributed by atoms with Gasteiger partial charge in [0, 0.05) is 12.7 Å². The molecule has 104 valence electrons. The Hall–Kier alpha value is -2.11. The maximum atomic E-state index is 11.4. The highest BCUT2D eigenvalue weighted by molar-refractivity contribution is 5.87. The number of aromatic nitrogens is 1. The molecule has 1 heterocycles. The van der Waals surface area contributed by atoms with E-state index in [1.54, 1.807) is 6.07 Å². The van der Waals surface area contributed by atoms with Gasteiger partial charge in [-0.05, 0) is 32.9 Å². The number of nitrogens with one attached hydrogen (secondary N) is 1. The standard InChI is InChI=1S/C13H18N2O4/c1-13(2,3)19-11(16)6-7-14-10-5-4-9(8-15-10)12(17)18/h4-5,8H,6-7H2,1-3H3,(H,14,15)(H,17,18). The fourth-order valence-electron chi connectivity index (χ4n) is 1.31. The van der Waals surface area contributed by atoms with Crippen LogP contribution in [-0.2, 0) is 9.53 Å². The molecule has 0 bridgehead atoms. The highest BCUT2D eigenvalue weighted by Gasteiger charge is 2.15. The van der Waals surface area contributed by atoms with Gasteiger partial charge in [0.1, 0.15) is 11.4 Å². The third-order valence-electron chi connectivity index (χ3n) is 2.07. The van der Waals surface area contributed by atoms with E-state index in [-0.39, 0.29) is 18.0 Å². The van der Waals surface area contributed by atoms with Crippen molar-refractivity contribution in [3.8, 4) is 0 Å². The molecule has 1 aromatic rings. The van der Waals surface area contributed by atoms with E-state index in [2.05, 4.69) is 10.3 Å².